The normalized spacial score (nSPS) is 0.750. The predicted molar refractivity (Wildman–Crippen MR) is 16.4 cm³/mol. The molecule has 0 heterocycles. The molecule has 0 amide bonds. The van der Waals surface area contributed by atoms with Crippen molar-refractivity contribution in [1.29, 1.82) is 0 Å². The summed E-state index contributed by atoms with van der Waals surface area (Å²) < 4.78 is 8.42. The fourth-order valence-corrected chi connectivity index (χ4v) is 0. The van der Waals surface area contributed by atoms with Crippen LogP contribution in [0, 0.1) is 0 Å². The molecule has 0 N–H and O–H groups in total. The van der Waals surface area contributed by atoms with Gasteiger partial charge in [-0.25, -0.2) is 0 Å². The molecule has 0 spiro atoms. The van der Waals surface area contributed by atoms with Crippen LogP contribution in [0.2, 0.25) is 0 Å². The maximum atomic E-state index is 8.42. The summed E-state index contributed by atoms with van der Waals surface area (Å²) in [7, 11) is 0. The quantitative estimate of drug-likeness (QED) is 0.461. The van der Waals surface area contributed by atoms with Crippen molar-refractivity contribution in [3.8, 4) is 0 Å². The molecule has 0 aromatic heterocycles. The molecule has 0 atom stereocenters. The Balaban J connectivity index is -0.00000000500. The van der Waals surface area contributed by atoms with Gasteiger partial charge in [-0.15, -0.1) is 0 Å². The maximum Gasteiger partial charge on any atom is 0 e. The number of rotatable bonds is 0. The molecule has 0 aliphatic heterocycles. The van der Waals surface area contributed by atoms with E-state index in [2.05, 4.69) is 0 Å². The third-order valence-corrected chi connectivity index (χ3v) is 0. The molecule has 0 bridgehead atoms. The first kappa shape index (κ1) is 16.0. The van der Waals surface area contributed by atoms with Gasteiger partial charge in [-0.2, -0.15) is 0 Å². The van der Waals surface area contributed by atoms with Gasteiger partial charge in [0.1, 0.15) is 0 Å². The first-order valence-corrected chi connectivity index (χ1v) is 1.94. The van der Waals surface area contributed by atoms with Crippen molar-refractivity contribution < 1.29 is 22.3 Å². The van der Waals surface area contributed by atoms with Crippen LogP contribution in [0.15, 0.2) is 0 Å². The first-order valence-electron chi connectivity index (χ1n) is 0.289. The van der Waals surface area contributed by atoms with Crippen LogP contribution in [-0.4, -0.2) is 62.1 Å². The standard InChI is InChI=1S/Ca.In.O.Zn.3H. The third kappa shape index (κ3) is 8.82. The van der Waals surface area contributed by atoms with Gasteiger partial charge in [0.2, 0.25) is 0 Å². The van der Waals surface area contributed by atoms with E-state index in [0.717, 1.165) is 0 Å². The Morgan fingerprint density at radius 2 is 1.25 bits per heavy atom. The Morgan fingerprint density at radius 1 is 1.25 bits per heavy atom. The smallest absolute Gasteiger partial charge is 0 e. The van der Waals surface area contributed by atoms with Crippen molar-refractivity contribution >= 4 is 62.1 Å². The molecular formula is H3CaInOZn. The van der Waals surface area contributed by atoms with Gasteiger partial charge >= 0.3 is 65.0 Å². The Bertz CT molecular complexity index is 8.00. The summed E-state index contributed by atoms with van der Waals surface area (Å²) in [5, 5.41) is 0. The van der Waals surface area contributed by atoms with E-state index in [9.17, 15) is 0 Å². The van der Waals surface area contributed by atoms with Crippen molar-refractivity contribution in [2.24, 2.45) is 0 Å². The van der Waals surface area contributed by atoms with Gasteiger partial charge in [0.05, 0.1) is 0 Å². The zero-order valence-electron chi connectivity index (χ0n) is 1.82. The monoisotopic (exact) mass is 238 g/mol. The summed E-state index contributed by atoms with van der Waals surface area (Å²) in [5.41, 5.74) is 0. The predicted octanol–water partition coefficient (Wildman–Crippen LogP) is -1.69. The second-order valence-electron chi connectivity index (χ2n) is 0. The van der Waals surface area contributed by atoms with E-state index in [1.165, 1.54) is 0 Å². The van der Waals surface area contributed by atoms with E-state index < -0.39 is 0 Å². The van der Waals surface area contributed by atoms with E-state index in [1.807, 2.05) is 0 Å². The van der Waals surface area contributed by atoms with E-state index in [-0.39, 0.29) is 81.6 Å². The van der Waals surface area contributed by atoms with Gasteiger partial charge in [-0.1, -0.05) is 0 Å². The van der Waals surface area contributed by atoms with E-state index >= 15 is 0 Å². The van der Waals surface area contributed by atoms with Gasteiger partial charge in [-0.05, 0) is 0 Å². The van der Waals surface area contributed by atoms with Crippen molar-refractivity contribution in [2.45, 2.75) is 0 Å². The summed E-state index contributed by atoms with van der Waals surface area (Å²) in [6, 6.07) is 0. The zero-order chi connectivity index (χ0) is 2.00. The largest absolute Gasteiger partial charge is 0 e. The van der Waals surface area contributed by atoms with Crippen molar-refractivity contribution in [1.82, 2.24) is 0 Å². The van der Waals surface area contributed by atoms with Crippen molar-refractivity contribution in [3.05, 3.63) is 0 Å². The Labute approximate surface area is 82.7 Å². The van der Waals surface area contributed by atoms with Crippen LogP contribution in [-0.2, 0) is 22.3 Å². The van der Waals surface area contributed by atoms with Crippen LogP contribution < -0.4 is 0 Å². The van der Waals surface area contributed by atoms with Crippen molar-refractivity contribution in [3.63, 3.8) is 0 Å². The molecule has 0 aliphatic rings. The summed E-state index contributed by atoms with van der Waals surface area (Å²) in [4.78, 5) is 0. The van der Waals surface area contributed by atoms with E-state index in [1.54, 1.807) is 0 Å². The van der Waals surface area contributed by atoms with Gasteiger partial charge in [-0.3, -0.25) is 0 Å². The van der Waals surface area contributed by atoms with Crippen LogP contribution in [0.3, 0.4) is 0 Å². The molecule has 0 aromatic rings. The van der Waals surface area contributed by atoms with Gasteiger partial charge in [0.25, 0.3) is 0 Å². The minimum atomic E-state index is -0.1000. The molecule has 0 aliphatic carbocycles. The minimum Gasteiger partial charge on any atom is 0 e. The summed E-state index contributed by atoms with van der Waals surface area (Å²) >= 11 is -0.1000. The Kier molecular flexibility index (Phi) is 70.7. The number of hydrogen-bond acceptors (Lipinski definition) is 1. The summed E-state index contributed by atoms with van der Waals surface area (Å²) in [6.45, 7) is 0. The minimum absolute atomic E-state index is 0. The zero-order valence-corrected chi connectivity index (χ0v) is 8.83. The summed E-state index contributed by atoms with van der Waals surface area (Å²) in [5.74, 6) is 0. The molecule has 0 aromatic carbocycles. The van der Waals surface area contributed by atoms with Crippen LogP contribution in [0.5, 0.6) is 0 Å². The van der Waals surface area contributed by atoms with Crippen LogP contribution in [0.4, 0.5) is 0 Å². The Morgan fingerprint density at radius 3 is 1.25 bits per heavy atom. The van der Waals surface area contributed by atoms with Crippen LogP contribution in [0.25, 0.3) is 0 Å². The molecule has 1 nitrogen and oxygen atoms in total. The molecule has 0 radical (unpaired) electrons. The average Bonchev–Trinajstić information content (AvgIpc) is 1.00. The molecule has 0 unspecified atom stereocenters. The second-order valence-corrected chi connectivity index (χ2v) is 0. The maximum absolute atomic E-state index is 8.42. The molecule has 0 rings (SSSR count). The van der Waals surface area contributed by atoms with Gasteiger partial charge in [0, 0.05) is 19.5 Å². The van der Waals surface area contributed by atoms with Crippen LogP contribution >= 0.6 is 0 Å². The third-order valence-electron chi connectivity index (χ3n) is 0. The fraction of sp³-hybridized carbons (Fsp3) is 0. The molecular weight excluding hydrogens is 236 g/mol. The SMILES string of the molecule is [CaH2].[O]=[InH].[Zn]. The van der Waals surface area contributed by atoms with E-state index in [4.69, 9.17) is 2.85 Å². The molecule has 16 valence electrons. The number of hydrogen-bond donors (Lipinski definition) is 0. The second kappa shape index (κ2) is 17.7. The fourth-order valence-electron chi connectivity index (χ4n) is 0. The topological polar surface area (TPSA) is 17.1 Å². The molecule has 0 fully saturated rings. The molecule has 4 heavy (non-hydrogen) atoms. The first-order chi connectivity index (χ1) is 1.00. The van der Waals surface area contributed by atoms with Crippen LogP contribution in [0.1, 0.15) is 0 Å². The average molecular weight is 239 g/mol. The van der Waals surface area contributed by atoms with Gasteiger partial charge < -0.3 is 0 Å². The molecule has 4 heteroatoms. The summed E-state index contributed by atoms with van der Waals surface area (Å²) in [6.07, 6.45) is 0. The Hall–Kier alpha value is 2.55. The van der Waals surface area contributed by atoms with E-state index in [0.29, 0.717) is 0 Å². The van der Waals surface area contributed by atoms with Gasteiger partial charge in [0.15, 0.2) is 0 Å². The molecule has 0 saturated carbocycles. The van der Waals surface area contributed by atoms with Crippen molar-refractivity contribution in [2.75, 3.05) is 0 Å². The molecule has 0 saturated heterocycles.